The van der Waals surface area contributed by atoms with Gasteiger partial charge in [-0.1, -0.05) is 152 Å². The third kappa shape index (κ3) is 3.75. The van der Waals surface area contributed by atoms with Crippen molar-refractivity contribution in [1.82, 2.24) is 4.90 Å². The number of benzene rings is 5. The smallest absolute Gasteiger partial charge is 0.247 e. The number of carbonyl (C=O) groups excluding carboxylic acids is 2. The molecule has 1 aliphatic heterocycles. The molecule has 1 fully saturated rings. The number of imide groups is 1. The number of β-lactam (4-membered cyclic amide) rings is 1. The van der Waals surface area contributed by atoms with Gasteiger partial charge in [-0.25, -0.2) is 0 Å². The molecule has 0 aliphatic carbocycles. The first-order valence-electron chi connectivity index (χ1n) is 12.9. The molecule has 6 rings (SSSR count). The van der Waals surface area contributed by atoms with E-state index in [1.165, 1.54) is 4.90 Å². The molecule has 184 valence electrons. The lowest BCUT2D eigenvalue weighted by atomic mass is 9.59. The van der Waals surface area contributed by atoms with E-state index in [1.54, 1.807) is 0 Å². The second-order valence-corrected chi connectivity index (χ2v) is 9.62. The van der Waals surface area contributed by atoms with E-state index < -0.39 is 17.4 Å². The van der Waals surface area contributed by atoms with E-state index in [0.717, 1.165) is 27.8 Å². The zero-order valence-electron chi connectivity index (χ0n) is 20.9. The molecule has 5 aromatic carbocycles. The molecule has 3 heteroatoms. The van der Waals surface area contributed by atoms with Crippen molar-refractivity contribution in [3.05, 3.63) is 179 Å². The fourth-order valence-corrected chi connectivity index (χ4v) is 5.85. The Hall–Kier alpha value is -4.76. The molecular formula is C35H27NO2. The topological polar surface area (TPSA) is 37.4 Å². The van der Waals surface area contributed by atoms with E-state index in [2.05, 4.69) is 0 Å². The molecule has 0 aromatic heterocycles. The summed E-state index contributed by atoms with van der Waals surface area (Å²) in [4.78, 5) is 30.7. The van der Waals surface area contributed by atoms with Gasteiger partial charge >= 0.3 is 0 Å². The summed E-state index contributed by atoms with van der Waals surface area (Å²) < 4.78 is 0. The van der Waals surface area contributed by atoms with Crippen molar-refractivity contribution in [3.63, 3.8) is 0 Å². The molecule has 5 aromatic rings. The van der Waals surface area contributed by atoms with E-state index in [-0.39, 0.29) is 11.8 Å². The second-order valence-electron chi connectivity index (χ2n) is 9.62. The van der Waals surface area contributed by atoms with Crippen LogP contribution < -0.4 is 0 Å². The van der Waals surface area contributed by atoms with Crippen LogP contribution in [0, 0.1) is 0 Å². The van der Waals surface area contributed by atoms with Gasteiger partial charge in [-0.2, -0.15) is 0 Å². The summed E-state index contributed by atoms with van der Waals surface area (Å²) in [6.07, 6.45) is 0. The molecule has 0 radical (unpaired) electrons. The van der Waals surface area contributed by atoms with Crippen LogP contribution in [0.25, 0.3) is 0 Å². The summed E-state index contributed by atoms with van der Waals surface area (Å²) >= 11 is 0. The minimum atomic E-state index is -1.02. The van der Waals surface area contributed by atoms with Gasteiger partial charge in [-0.15, -0.1) is 0 Å². The maximum Gasteiger partial charge on any atom is 0.247 e. The first-order valence-corrected chi connectivity index (χ1v) is 12.9. The maximum atomic E-state index is 14.6. The average Bonchev–Trinajstić information content (AvgIpc) is 2.99. The maximum absolute atomic E-state index is 14.6. The fourth-order valence-electron chi connectivity index (χ4n) is 5.85. The second kappa shape index (κ2) is 9.95. The van der Waals surface area contributed by atoms with Crippen LogP contribution in [0.3, 0.4) is 0 Å². The summed E-state index contributed by atoms with van der Waals surface area (Å²) in [7, 11) is 0. The summed E-state index contributed by atoms with van der Waals surface area (Å²) in [5, 5.41) is 0. The van der Waals surface area contributed by atoms with Gasteiger partial charge in [-0.3, -0.25) is 14.5 Å². The van der Waals surface area contributed by atoms with E-state index in [4.69, 9.17) is 0 Å². The highest BCUT2D eigenvalue weighted by Gasteiger charge is 2.65. The lowest BCUT2D eigenvalue weighted by molar-refractivity contribution is -0.168. The number of carbonyl (C=O) groups is 2. The molecule has 38 heavy (non-hydrogen) atoms. The van der Waals surface area contributed by atoms with Crippen molar-refractivity contribution < 1.29 is 9.59 Å². The quantitative estimate of drug-likeness (QED) is 0.241. The average molecular weight is 494 g/mol. The molecule has 0 N–H and O–H groups in total. The van der Waals surface area contributed by atoms with E-state index >= 15 is 0 Å². The van der Waals surface area contributed by atoms with Gasteiger partial charge in [-0.05, 0) is 27.8 Å². The monoisotopic (exact) mass is 493 g/mol. The van der Waals surface area contributed by atoms with Gasteiger partial charge in [0.25, 0.3) is 0 Å². The Morgan fingerprint density at radius 2 is 0.921 bits per heavy atom. The number of nitrogens with zero attached hydrogens (tertiary/aromatic N) is 1. The Labute approximate surface area is 223 Å². The van der Waals surface area contributed by atoms with Gasteiger partial charge in [0.2, 0.25) is 11.8 Å². The zero-order valence-corrected chi connectivity index (χ0v) is 20.9. The van der Waals surface area contributed by atoms with Gasteiger partial charge < -0.3 is 0 Å². The molecule has 2 amide bonds. The largest absolute Gasteiger partial charge is 0.273 e. The first-order chi connectivity index (χ1) is 18.7. The number of likely N-dealkylation sites (tertiary alicyclic amines) is 1. The molecule has 0 saturated carbocycles. The van der Waals surface area contributed by atoms with Crippen LogP contribution in [0.5, 0.6) is 0 Å². The molecule has 1 atom stereocenters. The lowest BCUT2D eigenvalue weighted by Crippen LogP contribution is -2.68. The minimum Gasteiger partial charge on any atom is -0.273 e. The molecule has 1 unspecified atom stereocenters. The van der Waals surface area contributed by atoms with Crippen molar-refractivity contribution in [2.75, 3.05) is 0 Å². The van der Waals surface area contributed by atoms with Crippen LogP contribution in [0.4, 0.5) is 0 Å². The number of hydrogen-bond donors (Lipinski definition) is 0. The van der Waals surface area contributed by atoms with Gasteiger partial charge in [0, 0.05) is 0 Å². The number of amides is 2. The predicted octanol–water partition coefficient (Wildman–Crippen LogP) is 6.91. The molecular weight excluding hydrogens is 466 g/mol. The van der Waals surface area contributed by atoms with Crippen molar-refractivity contribution >= 4 is 11.8 Å². The van der Waals surface area contributed by atoms with Crippen LogP contribution in [-0.4, -0.2) is 16.7 Å². The highest BCUT2D eigenvalue weighted by Crippen LogP contribution is 2.56. The zero-order chi connectivity index (χ0) is 26.0. The third-order valence-electron chi connectivity index (χ3n) is 7.55. The van der Waals surface area contributed by atoms with Crippen LogP contribution in [-0.2, 0) is 15.0 Å². The standard InChI is InChI=1S/C35H27NO2/c37-33(31(26-16-6-1-7-17-26)27-18-8-2-9-19-27)36-32(28-20-10-3-11-21-28)35(34(36)38,29-22-12-4-13-23-29)30-24-14-5-15-25-30/h1-25,31-32H. The minimum absolute atomic E-state index is 0.203. The summed E-state index contributed by atoms with van der Waals surface area (Å²) in [6.45, 7) is 0. The third-order valence-corrected chi connectivity index (χ3v) is 7.55. The van der Waals surface area contributed by atoms with Crippen molar-refractivity contribution in [2.24, 2.45) is 0 Å². The Kier molecular flexibility index (Phi) is 6.19. The highest BCUT2D eigenvalue weighted by molar-refractivity contribution is 6.12. The van der Waals surface area contributed by atoms with Gasteiger partial charge in [0.05, 0.1) is 12.0 Å². The molecule has 3 nitrogen and oxygen atoms in total. The molecule has 1 heterocycles. The summed E-state index contributed by atoms with van der Waals surface area (Å²) in [6, 6.07) is 48.6. The molecule has 0 bridgehead atoms. The molecule has 1 saturated heterocycles. The Morgan fingerprint density at radius 3 is 1.34 bits per heavy atom. The fraction of sp³-hybridized carbons (Fsp3) is 0.0857. The lowest BCUT2D eigenvalue weighted by Gasteiger charge is -2.56. The van der Waals surface area contributed by atoms with Crippen LogP contribution >= 0.6 is 0 Å². The Bertz CT molecular complexity index is 1450. The first kappa shape index (κ1) is 23.6. The van der Waals surface area contributed by atoms with E-state index in [1.807, 2.05) is 152 Å². The summed E-state index contributed by atoms with van der Waals surface area (Å²) in [5.74, 6) is -1.02. The SMILES string of the molecule is O=C(C(c1ccccc1)c1ccccc1)N1C(=O)C(c2ccccc2)(c2ccccc2)C1c1ccccc1. The molecule has 0 spiro atoms. The number of hydrogen-bond acceptors (Lipinski definition) is 2. The van der Waals surface area contributed by atoms with Crippen LogP contribution in [0.15, 0.2) is 152 Å². The van der Waals surface area contributed by atoms with Crippen molar-refractivity contribution in [2.45, 2.75) is 17.4 Å². The van der Waals surface area contributed by atoms with E-state index in [9.17, 15) is 9.59 Å². The van der Waals surface area contributed by atoms with Crippen molar-refractivity contribution in [3.8, 4) is 0 Å². The van der Waals surface area contributed by atoms with Crippen molar-refractivity contribution in [1.29, 1.82) is 0 Å². The van der Waals surface area contributed by atoms with E-state index in [0.29, 0.717) is 0 Å². The Balaban J connectivity index is 1.56. The number of rotatable bonds is 6. The van der Waals surface area contributed by atoms with Gasteiger partial charge in [0.15, 0.2) is 0 Å². The Morgan fingerprint density at radius 1 is 0.553 bits per heavy atom. The predicted molar refractivity (Wildman–Crippen MR) is 149 cm³/mol. The molecule has 1 aliphatic rings. The van der Waals surface area contributed by atoms with Gasteiger partial charge in [0.1, 0.15) is 5.41 Å². The van der Waals surface area contributed by atoms with Crippen LogP contribution in [0.1, 0.15) is 39.8 Å². The summed E-state index contributed by atoms with van der Waals surface area (Å²) in [5.41, 5.74) is 3.39. The van der Waals surface area contributed by atoms with Crippen LogP contribution in [0.2, 0.25) is 0 Å². The highest BCUT2D eigenvalue weighted by atomic mass is 16.2. The normalized spacial score (nSPS) is 16.2.